The number of carbonyl (C=O) groups excluding carboxylic acids is 2. The molecule has 5 aromatic rings. The van der Waals surface area contributed by atoms with Crippen LogP contribution >= 0.6 is 19.2 Å². The highest BCUT2D eigenvalue weighted by atomic mass is 35.5. The van der Waals surface area contributed by atoms with Gasteiger partial charge in [0, 0.05) is 55.7 Å². The van der Waals surface area contributed by atoms with E-state index < -0.39 is 61.6 Å². The summed E-state index contributed by atoms with van der Waals surface area (Å²) in [5, 5.41) is 23.9. The van der Waals surface area contributed by atoms with Gasteiger partial charge in [-0.2, -0.15) is 15.1 Å². The number of hydrogen-bond acceptors (Lipinski definition) is 22. The Morgan fingerprint density at radius 3 is 2.04 bits per heavy atom. The lowest BCUT2D eigenvalue weighted by Gasteiger charge is -2.55. The van der Waals surface area contributed by atoms with Crippen molar-refractivity contribution in [1.82, 2.24) is 39.6 Å². The summed E-state index contributed by atoms with van der Waals surface area (Å²) in [6, 6.07) is 7.93. The molecule has 3 atom stereocenters. The number of likely N-dealkylation sites (tertiary alicyclic amines) is 1. The van der Waals surface area contributed by atoms with E-state index in [9.17, 15) is 32.4 Å². The number of ether oxygens (including phenoxy) is 12. The van der Waals surface area contributed by atoms with E-state index in [4.69, 9.17) is 73.5 Å². The average molecular weight is 1240 g/mol. The van der Waals surface area contributed by atoms with E-state index in [1.54, 1.807) is 41.3 Å². The van der Waals surface area contributed by atoms with Crippen LogP contribution in [0.15, 0.2) is 48.8 Å². The number of rotatable bonds is 38. The molecule has 3 N–H and O–H groups in total. The maximum atomic E-state index is 13.7. The van der Waals surface area contributed by atoms with Crippen molar-refractivity contribution in [2.24, 2.45) is 5.41 Å². The van der Waals surface area contributed by atoms with E-state index >= 15 is 0 Å². The molecule has 468 valence electrons. The van der Waals surface area contributed by atoms with E-state index in [0.717, 1.165) is 12.8 Å². The van der Waals surface area contributed by atoms with Gasteiger partial charge in [0.15, 0.2) is 23.5 Å². The lowest BCUT2D eigenvalue weighted by molar-refractivity contribution is -0.136. The van der Waals surface area contributed by atoms with Gasteiger partial charge in [-0.3, -0.25) is 14.2 Å². The molecule has 32 heteroatoms. The fraction of sp³-hybridized carbons (Fsp3) is 0.604. The van der Waals surface area contributed by atoms with Crippen molar-refractivity contribution in [3.8, 4) is 11.5 Å². The molecule has 1 amide bonds. The Kier molecular flexibility index (Phi) is 25.4. The van der Waals surface area contributed by atoms with Crippen LogP contribution in [0.2, 0.25) is 5.28 Å². The number of hydrogen-bond donors (Lipinski definition) is 3. The minimum Gasteiger partial charge on any atom is -0.491 e. The molecule has 3 saturated heterocycles. The number of nitrogens with zero attached hydrogens (tertiary/aromatic N) is 9. The zero-order valence-electron chi connectivity index (χ0n) is 46.6. The van der Waals surface area contributed by atoms with E-state index in [1.165, 1.54) is 4.68 Å². The van der Waals surface area contributed by atoms with Crippen LogP contribution in [0.5, 0.6) is 11.5 Å². The molecule has 3 aromatic heterocycles. The van der Waals surface area contributed by atoms with Crippen LogP contribution < -0.4 is 14.4 Å². The van der Waals surface area contributed by atoms with Gasteiger partial charge in [-0.1, -0.05) is 5.21 Å². The summed E-state index contributed by atoms with van der Waals surface area (Å²) < 4.78 is 120. The second kappa shape index (κ2) is 33.0. The molecule has 3 aliphatic heterocycles. The van der Waals surface area contributed by atoms with E-state index in [0.29, 0.717) is 165 Å². The summed E-state index contributed by atoms with van der Waals surface area (Å²) in [5.41, 5.74) is 1.52. The Labute approximate surface area is 491 Å². The lowest BCUT2D eigenvalue weighted by atomic mass is 9.73. The van der Waals surface area contributed by atoms with Gasteiger partial charge in [0.2, 0.25) is 11.0 Å². The molecule has 6 heterocycles. The van der Waals surface area contributed by atoms with Gasteiger partial charge in [-0.05, 0) is 48.7 Å². The lowest BCUT2D eigenvalue weighted by Crippen LogP contribution is -2.64. The number of anilines is 1. The average Bonchev–Trinajstić information content (AvgIpc) is 2.93. The first-order chi connectivity index (χ1) is 41.1. The number of benzene rings is 2. The first-order valence-corrected chi connectivity index (χ1v) is 29.8. The minimum atomic E-state index is -4.38. The van der Waals surface area contributed by atoms with E-state index in [2.05, 4.69) is 35.0 Å². The number of esters is 1. The minimum absolute atomic E-state index is 0.0108. The van der Waals surface area contributed by atoms with Crippen molar-refractivity contribution < 1.29 is 99.1 Å². The van der Waals surface area contributed by atoms with Crippen LogP contribution in [0.1, 0.15) is 48.0 Å². The number of fused-ring (bicyclic) bond motifs is 1. The zero-order valence-corrected chi connectivity index (χ0v) is 48.2. The smallest absolute Gasteiger partial charge is 0.350 e. The van der Waals surface area contributed by atoms with Crippen LogP contribution in [-0.4, -0.2) is 223 Å². The molecule has 3 fully saturated rings. The molecule has 0 unspecified atom stereocenters. The maximum absolute atomic E-state index is 13.7. The molecule has 85 heavy (non-hydrogen) atoms. The molecule has 0 saturated carbocycles. The largest absolute Gasteiger partial charge is 0.491 e. The molecule has 2 aromatic carbocycles. The zero-order chi connectivity index (χ0) is 60.0. The fourth-order valence-corrected chi connectivity index (χ4v) is 10.0. The molecule has 3 aliphatic rings. The summed E-state index contributed by atoms with van der Waals surface area (Å²) in [4.78, 5) is 56.6. The first-order valence-electron chi connectivity index (χ1n) is 27.6. The number of amides is 1. The molecule has 0 radical (unpaired) electrons. The van der Waals surface area contributed by atoms with E-state index in [-0.39, 0.29) is 62.5 Å². The Hall–Kier alpha value is -5.54. The standard InChI is InChI=1S/C53H70ClF3N9O18P/c54-52-59-49(41-29-58-66(50(41)60-52)46-28-44(67)45(83-46)32-81-36-85(70,71)72)64-34-53(35-64)7-1-8-63(33-53)51(69)37-2-4-40(5-3-37)82-25-24-79-21-20-77-18-19-78-22-23-80-31-39-30-65(62-61-39)9-11-74-13-15-76-17-16-75-14-12-73-10-6-47(68)84-48-42(56)26-38(55)27-43(48)57/h2-5,26-27,29-30,44-46,67H,1,6-25,28,31-36H2,(H2,70,71,72)/t44-,45+,46+/m0/s1. The predicted octanol–water partition coefficient (Wildman–Crippen LogP) is 3.74. The van der Waals surface area contributed by atoms with Gasteiger partial charge in [0.05, 0.1) is 149 Å². The van der Waals surface area contributed by atoms with Gasteiger partial charge in [0.25, 0.3) is 5.91 Å². The maximum Gasteiger partial charge on any atom is 0.350 e. The first kappa shape index (κ1) is 65.4. The van der Waals surface area contributed by atoms with Crippen LogP contribution in [0.25, 0.3) is 11.0 Å². The number of aromatic nitrogens is 7. The normalized spacial score (nSPS) is 17.8. The number of aliphatic hydroxyl groups excluding tert-OH is 1. The molecule has 0 bridgehead atoms. The summed E-state index contributed by atoms with van der Waals surface area (Å²) in [6.07, 6.45) is 1.80. The molecular weight excluding hydrogens is 1170 g/mol. The van der Waals surface area contributed by atoms with Crippen molar-refractivity contribution in [1.29, 1.82) is 0 Å². The predicted molar refractivity (Wildman–Crippen MR) is 291 cm³/mol. The van der Waals surface area contributed by atoms with Crippen LogP contribution in [-0.2, 0) is 69.9 Å². The quantitative estimate of drug-likeness (QED) is 0.0167. The molecular formula is C53H70ClF3N9O18P. The van der Waals surface area contributed by atoms with Crippen LogP contribution in [0.4, 0.5) is 19.0 Å². The van der Waals surface area contributed by atoms with Gasteiger partial charge in [-0.15, -0.1) is 5.10 Å². The Balaban J connectivity index is 0.583. The molecule has 0 aliphatic carbocycles. The molecule has 27 nitrogen and oxygen atoms in total. The number of aliphatic hydroxyl groups is 1. The monoisotopic (exact) mass is 1240 g/mol. The molecule has 1 spiro atoms. The summed E-state index contributed by atoms with van der Waals surface area (Å²) in [6.45, 7) is 8.24. The van der Waals surface area contributed by atoms with Crippen LogP contribution in [0.3, 0.4) is 0 Å². The highest BCUT2D eigenvalue weighted by Crippen LogP contribution is 2.44. The van der Waals surface area contributed by atoms with Gasteiger partial charge in [0.1, 0.15) is 42.1 Å². The van der Waals surface area contributed by atoms with Crippen molar-refractivity contribution in [2.45, 2.75) is 57.3 Å². The summed E-state index contributed by atoms with van der Waals surface area (Å²) in [5.74, 6) is -4.46. The highest BCUT2D eigenvalue weighted by Gasteiger charge is 2.48. The van der Waals surface area contributed by atoms with Gasteiger partial charge >= 0.3 is 13.6 Å². The third-order valence-corrected chi connectivity index (χ3v) is 14.2. The van der Waals surface area contributed by atoms with E-state index in [1.807, 2.05) is 4.90 Å². The van der Waals surface area contributed by atoms with Crippen molar-refractivity contribution in [3.63, 3.8) is 0 Å². The highest BCUT2D eigenvalue weighted by molar-refractivity contribution is 7.51. The van der Waals surface area contributed by atoms with Crippen molar-refractivity contribution >= 4 is 47.9 Å². The number of halogens is 4. The summed E-state index contributed by atoms with van der Waals surface area (Å²) >= 11 is 6.43. The Bertz CT molecular complexity index is 2920. The molecule has 8 rings (SSSR count). The Morgan fingerprint density at radius 2 is 1.39 bits per heavy atom. The van der Waals surface area contributed by atoms with Gasteiger partial charge in [-0.25, -0.2) is 22.5 Å². The topological polar surface area (TPSA) is 303 Å². The van der Waals surface area contributed by atoms with Crippen molar-refractivity contribution in [3.05, 3.63) is 82.8 Å². The van der Waals surface area contributed by atoms with Gasteiger partial charge < -0.3 is 81.5 Å². The number of piperidine rings is 1. The van der Waals surface area contributed by atoms with Crippen molar-refractivity contribution in [2.75, 3.05) is 150 Å². The second-order valence-electron chi connectivity index (χ2n) is 20.0. The summed E-state index contributed by atoms with van der Waals surface area (Å²) in [7, 11) is -4.38. The van der Waals surface area contributed by atoms with Crippen LogP contribution in [0, 0.1) is 22.9 Å². The Morgan fingerprint density at radius 1 is 0.776 bits per heavy atom. The number of carbonyl (C=O) groups is 2. The third kappa shape index (κ3) is 20.5. The SMILES string of the molecule is O=C(CCOCCOCCOCCOCCn1cc(COCCOCCOCCOCCOc2ccc(C(=O)N3CCCC4(C3)CN(c3nc(Cl)nc5c3cnn5[C@H]3C[C@H](O)[C@@H](COCP(=O)(O)O)O3)C4)cc2)nn1)Oc1c(F)cc(F)cc1F. The third-order valence-electron chi connectivity index (χ3n) is 13.5. The second-order valence-corrected chi connectivity index (χ2v) is 22.0. The fourth-order valence-electron chi connectivity index (χ4n) is 9.50.